The molecule has 11 heteroatoms. The van der Waals surface area contributed by atoms with Gasteiger partial charge < -0.3 is 24.7 Å². The minimum atomic E-state index is -0.232. The number of fused-ring (bicyclic) bond motifs is 1. The minimum Gasteiger partial charge on any atom is -0.378 e. The van der Waals surface area contributed by atoms with Crippen LogP contribution in [0.25, 0.3) is 16.9 Å². The maximum atomic E-state index is 13.0. The third kappa shape index (κ3) is 5.27. The first-order valence-electron chi connectivity index (χ1n) is 13.4. The molecule has 0 radical (unpaired) electrons. The highest BCUT2D eigenvalue weighted by Gasteiger charge is 2.19. The maximum absolute atomic E-state index is 13.0. The first-order valence-corrected chi connectivity index (χ1v) is 13.4. The lowest BCUT2D eigenvalue weighted by Gasteiger charge is -2.26. The van der Waals surface area contributed by atoms with Crippen LogP contribution >= 0.6 is 0 Å². The Morgan fingerprint density at radius 2 is 1.80 bits per heavy atom. The lowest BCUT2D eigenvalue weighted by atomic mass is 10.0. The summed E-state index contributed by atoms with van der Waals surface area (Å²) in [7, 11) is 1.75. The monoisotopic (exact) mass is 550 g/mol. The Morgan fingerprint density at radius 1 is 1.02 bits per heavy atom. The highest BCUT2D eigenvalue weighted by atomic mass is 16.5. The lowest BCUT2D eigenvalue weighted by Crippen LogP contribution is -2.40. The fourth-order valence-electron chi connectivity index (χ4n) is 4.99. The first kappa shape index (κ1) is 26.2. The van der Waals surface area contributed by atoms with Crippen LogP contribution in [0.15, 0.2) is 67.1 Å². The van der Waals surface area contributed by atoms with E-state index in [0.717, 1.165) is 22.5 Å². The van der Waals surface area contributed by atoms with Gasteiger partial charge >= 0.3 is 0 Å². The molecule has 6 rings (SSSR count). The summed E-state index contributed by atoms with van der Waals surface area (Å²) < 4.78 is 8.83. The SMILES string of the molecule is Cc1cc(C(=O)Nc2cccc(-c3cn4ccnc4c(Nc4ccc(C(=O)N5CCOCC5)cc4)n3)c2C)n(C)n1. The number of ether oxygens (including phenoxy) is 1. The van der Waals surface area contributed by atoms with Crippen molar-refractivity contribution >= 4 is 34.7 Å². The number of imidazole rings is 1. The van der Waals surface area contributed by atoms with Gasteiger partial charge in [0.15, 0.2) is 11.5 Å². The normalized spacial score (nSPS) is 13.4. The zero-order valence-electron chi connectivity index (χ0n) is 23.1. The zero-order chi connectivity index (χ0) is 28.5. The van der Waals surface area contributed by atoms with Crippen molar-refractivity contribution in [2.45, 2.75) is 13.8 Å². The highest BCUT2D eigenvalue weighted by molar-refractivity contribution is 6.04. The molecule has 3 aromatic heterocycles. The summed E-state index contributed by atoms with van der Waals surface area (Å²) in [5.41, 5.74) is 6.47. The van der Waals surface area contributed by atoms with E-state index in [2.05, 4.69) is 20.7 Å². The van der Waals surface area contributed by atoms with Gasteiger partial charge in [-0.1, -0.05) is 12.1 Å². The number of carbonyl (C=O) groups excluding carboxylic acids is 2. The van der Waals surface area contributed by atoms with Crippen molar-refractivity contribution < 1.29 is 14.3 Å². The first-order chi connectivity index (χ1) is 19.9. The van der Waals surface area contributed by atoms with E-state index in [0.29, 0.717) is 60.4 Å². The van der Waals surface area contributed by atoms with E-state index in [9.17, 15) is 9.59 Å². The van der Waals surface area contributed by atoms with Crippen LogP contribution in [0.1, 0.15) is 32.1 Å². The Hall–Kier alpha value is -5.03. The van der Waals surface area contributed by atoms with Crippen molar-refractivity contribution in [3.8, 4) is 11.3 Å². The van der Waals surface area contributed by atoms with Crippen LogP contribution in [-0.4, -0.2) is 67.2 Å². The van der Waals surface area contributed by atoms with Gasteiger partial charge in [-0.2, -0.15) is 5.10 Å². The number of aryl methyl sites for hydroxylation is 2. The number of morpholine rings is 1. The second-order valence-corrected chi connectivity index (χ2v) is 9.97. The van der Waals surface area contributed by atoms with Gasteiger partial charge in [0.25, 0.3) is 11.8 Å². The average Bonchev–Trinajstić information content (AvgIpc) is 3.60. The van der Waals surface area contributed by atoms with E-state index in [4.69, 9.17) is 9.72 Å². The van der Waals surface area contributed by atoms with Crippen molar-refractivity contribution in [1.29, 1.82) is 0 Å². The molecule has 0 atom stereocenters. The molecule has 1 fully saturated rings. The number of carbonyl (C=O) groups is 2. The van der Waals surface area contributed by atoms with Gasteiger partial charge in [0.2, 0.25) is 0 Å². The number of nitrogens with one attached hydrogen (secondary N) is 2. The smallest absolute Gasteiger partial charge is 0.273 e. The van der Waals surface area contributed by atoms with E-state index in [1.54, 1.807) is 24.0 Å². The maximum Gasteiger partial charge on any atom is 0.273 e. The molecule has 0 bridgehead atoms. The number of amides is 2. The predicted molar refractivity (Wildman–Crippen MR) is 156 cm³/mol. The quantitative estimate of drug-likeness (QED) is 0.325. The van der Waals surface area contributed by atoms with E-state index in [1.807, 2.05) is 78.0 Å². The second-order valence-electron chi connectivity index (χ2n) is 9.97. The molecule has 11 nitrogen and oxygen atoms in total. The van der Waals surface area contributed by atoms with Crippen molar-refractivity contribution in [3.05, 3.63) is 89.6 Å². The highest BCUT2D eigenvalue weighted by Crippen LogP contribution is 2.30. The molecule has 208 valence electrons. The molecule has 2 amide bonds. The summed E-state index contributed by atoms with van der Waals surface area (Å²) in [6.07, 6.45) is 5.49. The molecule has 5 aromatic rings. The van der Waals surface area contributed by atoms with Crippen molar-refractivity contribution in [2.24, 2.45) is 7.05 Å². The number of nitrogens with zero attached hydrogens (tertiary/aromatic N) is 6. The number of benzene rings is 2. The summed E-state index contributed by atoms with van der Waals surface area (Å²) in [6.45, 7) is 6.13. The van der Waals surface area contributed by atoms with E-state index >= 15 is 0 Å². The largest absolute Gasteiger partial charge is 0.378 e. The Kier molecular flexibility index (Phi) is 6.94. The van der Waals surface area contributed by atoms with Crippen LogP contribution in [0.3, 0.4) is 0 Å². The second kappa shape index (κ2) is 10.9. The molecule has 0 aliphatic carbocycles. The topological polar surface area (TPSA) is 119 Å². The number of rotatable bonds is 6. The summed E-state index contributed by atoms with van der Waals surface area (Å²) in [5, 5.41) is 10.7. The number of anilines is 3. The van der Waals surface area contributed by atoms with Gasteiger partial charge in [-0.3, -0.25) is 14.3 Å². The third-order valence-electron chi connectivity index (χ3n) is 7.16. The van der Waals surface area contributed by atoms with Crippen LogP contribution in [-0.2, 0) is 11.8 Å². The van der Waals surface area contributed by atoms with E-state index < -0.39 is 0 Å². The predicted octanol–water partition coefficient (Wildman–Crippen LogP) is 4.21. The van der Waals surface area contributed by atoms with Crippen LogP contribution in [0.5, 0.6) is 0 Å². The number of hydrogen-bond acceptors (Lipinski definition) is 7. The molecule has 1 aliphatic heterocycles. The molecular formula is C30H30N8O3. The molecule has 2 N–H and O–H groups in total. The molecule has 1 saturated heterocycles. The van der Waals surface area contributed by atoms with Crippen LogP contribution in [0.4, 0.5) is 17.2 Å². The van der Waals surface area contributed by atoms with Gasteiger partial charge in [-0.05, 0) is 55.8 Å². The summed E-state index contributed by atoms with van der Waals surface area (Å²) in [4.78, 5) is 37.0. The Morgan fingerprint density at radius 3 is 2.54 bits per heavy atom. The molecule has 4 heterocycles. The molecular weight excluding hydrogens is 520 g/mol. The number of aromatic nitrogens is 5. The molecule has 1 aliphatic rings. The van der Waals surface area contributed by atoms with E-state index in [1.165, 1.54) is 0 Å². The van der Waals surface area contributed by atoms with E-state index in [-0.39, 0.29) is 11.8 Å². The third-order valence-corrected chi connectivity index (χ3v) is 7.16. The van der Waals surface area contributed by atoms with Crippen LogP contribution < -0.4 is 10.6 Å². The summed E-state index contributed by atoms with van der Waals surface area (Å²) in [5.74, 6) is 0.333. The van der Waals surface area contributed by atoms with Crippen molar-refractivity contribution in [1.82, 2.24) is 29.0 Å². The van der Waals surface area contributed by atoms with Gasteiger partial charge in [0.05, 0.1) is 24.6 Å². The molecule has 41 heavy (non-hydrogen) atoms. The fourth-order valence-corrected chi connectivity index (χ4v) is 4.99. The molecule has 0 saturated carbocycles. The summed E-state index contributed by atoms with van der Waals surface area (Å²) >= 11 is 0. The van der Waals surface area contributed by atoms with Crippen LogP contribution in [0, 0.1) is 13.8 Å². The lowest BCUT2D eigenvalue weighted by molar-refractivity contribution is 0.0303. The zero-order valence-corrected chi connectivity index (χ0v) is 23.1. The Balaban J connectivity index is 1.27. The molecule has 0 unspecified atom stereocenters. The Bertz CT molecular complexity index is 1750. The standard InChI is InChI=1S/C30H30N8O3/c1-19-17-26(36(3)35-19)29(39)34-24-6-4-5-23(20(24)2)25-18-38-12-11-31-28(38)27(33-25)32-22-9-7-21(8-10-22)30(40)37-13-15-41-16-14-37/h4-12,17-18H,13-16H2,1-3H3,(H,32,33)(H,34,39). The Labute approximate surface area is 236 Å². The van der Waals surface area contributed by atoms with Gasteiger partial charge in [0.1, 0.15) is 5.69 Å². The van der Waals surface area contributed by atoms with Gasteiger partial charge in [-0.15, -0.1) is 0 Å². The number of hydrogen-bond donors (Lipinski definition) is 2. The van der Waals surface area contributed by atoms with Crippen molar-refractivity contribution in [3.63, 3.8) is 0 Å². The van der Waals surface area contributed by atoms with Crippen molar-refractivity contribution in [2.75, 3.05) is 36.9 Å². The van der Waals surface area contributed by atoms with Gasteiger partial charge in [0, 0.05) is 61.2 Å². The van der Waals surface area contributed by atoms with Gasteiger partial charge in [-0.25, -0.2) is 9.97 Å². The average molecular weight is 551 g/mol. The summed E-state index contributed by atoms with van der Waals surface area (Å²) in [6, 6.07) is 14.8. The van der Waals surface area contributed by atoms with Crippen LogP contribution in [0.2, 0.25) is 0 Å². The molecule has 0 spiro atoms. The minimum absolute atomic E-state index is 0.00315. The fraction of sp³-hybridized carbons (Fsp3) is 0.233. The molecule has 2 aromatic carbocycles.